The molecular weight excluding hydrogens is 541 g/mol. The van der Waals surface area contributed by atoms with Crippen molar-refractivity contribution in [1.29, 1.82) is 0 Å². The number of nitrogens with zero attached hydrogens (tertiary/aromatic N) is 1. The van der Waals surface area contributed by atoms with E-state index >= 15 is 0 Å². The Kier molecular flexibility index (Phi) is 9.80. The molecule has 3 amide bonds. The largest absolute Gasteiger partial charge is 0.573 e. The average molecular weight is 571 g/mol. The first-order valence-corrected chi connectivity index (χ1v) is 12.9. The van der Waals surface area contributed by atoms with Gasteiger partial charge in [0.2, 0.25) is 5.91 Å². The third kappa shape index (κ3) is 9.53. The van der Waals surface area contributed by atoms with Crippen LogP contribution < -0.4 is 20.7 Å². The molecule has 9 nitrogen and oxygen atoms in total. The summed E-state index contributed by atoms with van der Waals surface area (Å²) < 4.78 is 47.4. The molecule has 41 heavy (non-hydrogen) atoms. The van der Waals surface area contributed by atoms with Crippen LogP contribution in [0.5, 0.6) is 5.75 Å². The summed E-state index contributed by atoms with van der Waals surface area (Å²) in [4.78, 5) is 40.0. The van der Waals surface area contributed by atoms with Crippen LogP contribution in [0.2, 0.25) is 0 Å². The second-order valence-corrected chi connectivity index (χ2v) is 9.40. The van der Waals surface area contributed by atoms with E-state index in [1.807, 2.05) is 30.3 Å². The number of anilines is 1. The smallest absolute Gasteiger partial charge is 0.444 e. The Bertz CT molecular complexity index is 1340. The van der Waals surface area contributed by atoms with Gasteiger partial charge in [-0.3, -0.25) is 19.8 Å². The van der Waals surface area contributed by atoms with Crippen LogP contribution in [0, 0.1) is 0 Å². The molecule has 0 saturated carbocycles. The molecule has 1 saturated heterocycles. The van der Waals surface area contributed by atoms with Crippen molar-refractivity contribution in [3.8, 4) is 5.75 Å². The Labute approximate surface area is 234 Å². The zero-order valence-electron chi connectivity index (χ0n) is 21.9. The topological polar surface area (TPSA) is 109 Å². The third-order valence-electron chi connectivity index (χ3n) is 6.21. The normalized spacial score (nSPS) is 15.1. The van der Waals surface area contributed by atoms with Gasteiger partial charge in [-0.1, -0.05) is 60.7 Å². The molecule has 3 N–H and O–H groups in total. The number of carbonyl (C=O) groups is 3. The van der Waals surface area contributed by atoms with E-state index in [0.717, 1.165) is 43.3 Å². The number of alkyl halides is 3. The average Bonchev–Trinajstić information content (AvgIpc) is 3.38. The molecule has 0 aliphatic carbocycles. The van der Waals surface area contributed by atoms with Crippen LogP contribution in [0.15, 0.2) is 78.9 Å². The van der Waals surface area contributed by atoms with E-state index in [0.29, 0.717) is 12.1 Å². The molecule has 3 aromatic rings. The van der Waals surface area contributed by atoms with Gasteiger partial charge in [0.25, 0.3) is 5.91 Å². The highest BCUT2D eigenvalue weighted by Crippen LogP contribution is 2.27. The van der Waals surface area contributed by atoms with E-state index in [4.69, 9.17) is 4.74 Å². The van der Waals surface area contributed by atoms with Crippen LogP contribution >= 0.6 is 0 Å². The van der Waals surface area contributed by atoms with Crippen molar-refractivity contribution in [3.63, 3.8) is 0 Å². The highest BCUT2D eigenvalue weighted by molar-refractivity contribution is 6.04. The second kappa shape index (κ2) is 13.7. The lowest BCUT2D eigenvalue weighted by Gasteiger charge is -2.17. The van der Waals surface area contributed by atoms with Crippen molar-refractivity contribution in [2.24, 2.45) is 0 Å². The second-order valence-electron chi connectivity index (χ2n) is 9.40. The van der Waals surface area contributed by atoms with Gasteiger partial charge in [0, 0.05) is 25.7 Å². The van der Waals surface area contributed by atoms with Crippen LogP contribution in [0.3, 0.4) is 0 Å². The Hall–Kier alpha value is -4.58. The Morgan fingerprint density at radius 1 is 0.927 bits per heavy atom. The number of ether oxygens (including phenoxy) is 2. The molecule has 0 spiro atoms. The number of likely N-dealkylation sites (tertiary alicyclic amines) is 1. The maximum absolute atomic E-state index is 12.9. The molecule has 0 unspecified atom stereocenters. The summed E-state index contributed by atoms with van der Waals surface area (Å²) in [7, 11) is 0. The fraction of sp³-hybridized carbons (Fsp3) is 0.276. The first kappa shape index (κ1) is 29.4. The number of hydrogen-bond acceptors (Lipinski definition) is 6. The summed E-state index contributed by atoms with van der Waals surface area (Å²) in [5.74, 6) is -2.01. The summed E-state index contributed by atoms with van der Waals surface area (Å²) in [5, 5.41) is 7.61. The number of benzene rings is 3. The molecule has 0 bridgehead atoms. The molecule has 12 heteroatoms. The van der Waals surface area contributed by atoms with Crippen LogP contribution in [0.25, 0.3) is 0 Å². The van der Waals surface area contributed by atoms with Crippen LogP contribution in [0.1, 0.15) is 27.9 Å². The van der Waals surface area contributed by atoms with E-state index in [1.165, 1.54) is 0 Å². The van der Waals surface area contributed by atoms with E-state index in [9.17, 15) is 27.6 Å². The summed E-state index contributed by atoms with van der Waals surface area (Å²) in [6.45, 7) is 1.71. The van der Waals surface area contributed by atoms with E-state index in [1.54, 1.807) is 30.3 Å². The maximum atomic E-state index is 12.9. The van der Waals surface area contributed by atoms with Crippen molar-refractivity contribution in [2.45, 2.75) is 32.0 Å². The number of nitrogens with one attached hydrogen (secondary N) is 3. The van der Waals surface area contributed by atoms with Gasteiger partial charge < -0.3 is 20.1 Å². The number of carbonyl (C=O) groups excluding carboxylic acids is 3. The first-order valence-electron chi connectivity index (χ1n) is 12.9. The molecule has 3 aromatic carbocycles. The SMILES string of the molecule is O=C(CNC(=O)c1cc(OC(F)(F)F)ccc1NC(=O)OCc1ccccc1)N[C@@H]1CCN(Cc2ccccc2)C1. The Morgan fingerprint density at radius 3 is 2.29 bits per heavy atom. The van der Waals surface area contributed by atoms with Crippen LogP contribution in [-0.2, 0) is 22.7 Å². The summed E-state index contributed by atoms with van der Waals surface area (Å²) in [6.07, 6.45) is -5.18. The van der Waals surface area contributed by atoms with Crippen molar-refractivity contribution in [2.75, 3.05) is 25.0 Å². The van der Waals surface area contributed by atoms with Gasteiger partial charge in [0.15, 0.2) is 0 Å². The predicted octanol–water partition coefficient (Wildman–Crippen LogP) is 4.45. The monoisotopic (exact) mass is 570 g/mol. The lowest BCUT2D eigenvalue weighted by atomic mass is 10.1. The molecule has 1 aliphatic rings. The van der Waals surface area contributed by atoms with Crippen molar-refractivity contribution in [3.05, 3.63) is 95.6 Å². The van der Waals surface area contributed by atoms with E-state index in [2.05, 4.69) is 25.6 Å². The standard InChI is InChI=1S/C29H29F3N4O5/c30-29(31,32)41-23-11-12-25(35-28(39)40-19-21-9-5-2-6-10-21)24(15-23)27(38)33-16-26(37)34-22-13-14-36(18-22)17-20-7-3-1-4-8-20/h1-12,15,22H,13-14,16-19H2,(H,33,38)(H,34,37)(H,35,39)/t22-/m1/s1. The number of rotatable bonds is 10. The first-order chi connectivity index (χ1) is 19.6. The summed E-state index contributed by atoms with van der Waals surface area (Å²) in [6, 6.07) is 21.5. The van der Waals surface area contributed by atoms with Gasteiger partial charge in [-0.05, 0) is 35.7 Å². The van der Waals surface area contributed by atoms with Gasteiger partial charge >= 0.3 is 12.5 Å². The number of hydrogen-bond donors (Lipinski definition) is 3. The van der Waals surface area contributed by atoms with Gasteiger partial charge in [-0.25, -0.2) is 4.79 Å². The fourth-order valence-electron chi connectivity index (χ4n) is 4.36. The molecule has 216 valence electrons. The summed E-state index contributed by atoms with van der Waals surface area (Å²) in [5.41, 5.74) is 1.41. The van der Waals surface area contributed by atoms with Gasteiger partial charge in [0.1, 0.15) is 12.4 Å². The molecule has 1 heterocycles. The highest BCUT2D eigenvalue weighted by Gasteiger charge is 2.32. The molecule has 1 atom stereocenters. The Morgan fingerprint density at radius 2 is 1.61 bits per heavy atom. The third-order valence-corrected chi connectivity index (χ3v) is 6.21. The zero-order valence-corrected chi connectivity index (χ0v) is 21.9. The predicted molar refractivity (Wildman–Crippen MR) is 144 cm³/mol. The molecule has 1 aliphatic heterocycles. The lowest BCUT2D eigenvalue weighted by molar-refractivity contribution is -0.274. The number of halogens is 3. The van der Waals surface area contributed by atoms with E-state index < -0.39 is 36.6 Å². The molecule has 1 fully saturated rings. The van der Waals surface area contributed by atoms with Gasteiger partial charge in [0.05, 0.1) is 17.8 Å². The highest BCUT2D eigenvalue weighted by atomic mass is 19.4. The fourth-order valence-corrected chi connectivity index (χ4v) is 4.36. The van der Waals surface area contributed by atoms with Crippen LogP contribution in [-0.4, -0.2) is 54.8 Å². The lowest BCUT2D eigenvalue weighted by Crippen LogP contribution is -2.43. The van der Waals surface area contributed by atoms with Gasteiger partial charge in [-0.2, -0.15) is 0 Å². The Balaban J connectivity index is 1.33. The van der Waals surface area contributed by atoms with E-state index in [-0.39, 0.29) is 23.9 Å². The molecular formula is C29H29F3N4O5. The minimum absolute atomic E-state index is 0.0619. The van der Waals surface area contributed by atoms with Crippen LogP contribution in [0.4, 0.5) is 23.7 Å². The molecule has 0 aromatic heterocycles. The minimum Gasteiger partial charge on any atom is -0.444 e. The molecule has 4 rings (SSSR count). The minimum atomic E-state index is -4.99. The quantitative estimate of drug-likeness (QED) is 0.332. The maximum Gasteiger partial charge on any atom is 0.573 e. The van der Waals surface area contributed by atoms with Crippen molar-refractivity contribution >= 4 is 23.6 Å². The zero-order chi connectivity index (χ0) is 29.2. The number of amides is 3. The molecule has 0 radical (unpaired) electrons. The van der Waals surface area contributed by atoms with Gasteiger partial charge in [-0.15, -0.1) is 13.2 Å². The summed E-state index contributed by atoms with van der Waals surface area (Å²) >= 11 is 0. The van der Waals surface area contributed by atoms with Crippen molar-refractivity contribution < 1.29 is 37.0 Å². The van der Waals surface area contributed by atoms with Crippen molar-refractivity contribution in [1.82, 2.24) is 15.5 Å².